The van der Waals surface area contributed by atoms with Gasteiger partial charge in [0, 0.05) is 20.8 Å². The lowest BCUT2D eigenvalue weighted by Gasteiger charge is -2.09. The number of pyridine rings is 1. The standard InChI is InChI=1S/C12H9Br3N2/c1-7-2-8(13)4-10(3-7)17-12-11(15)5-9(14)6-16-12/h2-6H,1H3,(H,16,17). The molecule has 0 amide bonds. The van der Waals surface area contributed by atoms with E-state index in [0.29, 0.717) is 0 Å². The van der Waals surface area contributed by atoms with E-state index in [4.69, 9.17) is 0 Å². The van der Waals surface area contributed by atoms with Crippen LogP contribution in [0.25, 0.3) is 0 Å². The summed E-state index contributed by atoms with van der Waals surface area (Å²) in [5.74, 6) is 0.797. The molecule has 0 bridgehead atoms. The van der Waals surface area contributed by atoms with E-state index in [2.05, 4.69) is 77.1 Å². The molecule has 0 spiro atoms. The molecular formula is C12H9Br3N2. The molecule has 2 rings (SSSR count). The molecule has 0 fully saturated rings. The lowest BCUT2D eigenvalue weighted by Crippen LogP contribution is -1.95. The van der Waals surface area contributed by atoms with Crippen molar-refractivity contribution in [3.05, 3.63) is 49.4 Å². The first kappa shape index (κ1) is 13.1. The molecule has 0 saturated heterocycles. The van der Waals surface area contributed by atoms with Gasteiger partial charge in [-0.1, -0.05) is 15.9 Å². The molecule has 0 aliphatic carbocycles. The Balaban J connectivity index is 2.31. The van der Waals surface area contributed by atoms with Gasteiger partial charge in [0.25, 0.3) is 0 Å². The second-order valence-corrected chi connectivity index (χ2v) is 6.31. The molecule has 0 aliphatic heterocycles. The first-order valence-electron chi connectivity index (χ1n) is 4.90. The highest BCUT2D eigenvalue weighted by Gasteiger charge is 2.03. The average molecular weight is 421 g/mol. The Morgan fingerprint density at radius 2 is 1.76 bits per heavy atom. The molecule has 0 unspecified atom stereocenters. The van der Waals surface area contributed by atoms with Crippen molar-refractivity contribution in [2.75, 3.05) is 5.32 Å². The molecule has 2 nitrogen and oxygen atoms in total. The second kappa shape index (κ2) is 5.50. The summed E-state index contributed by atoms with van der Waals surface area (Å²) in [7, 11) is 0. The van der Waals surface area contributed by atoms with Crippen LogP contribution in [0.3, 0.4) is 0 Å². The molecule has 5 heteroatoms. The highest BCUT2D eigenvalue weighted by atomic mass is 79.9. The van der Waals surface area contributed by atoms with Crippen LogP contribution >= 0.6 is 47.8 Å². The number of anilines is 2. The first-order chi connectivity index (χ1) is 8.04. The predicted molar refractivity (Wildman–Crippen MR) is 81.8 cm³/mol. The molecule has 1 N–H and O–H groups in total. The van der Waals surface area contributed by atoms with Crippen LogP contribution in [0.1, 0.15) is 5.56 Å². The summed E-state index contributed by atoms with van der Waals surface area (Å²) < 4.78 is 2.91. The molecule has 1 aromatic heterocycles. The maximum absolute atomic E-state index is 4.31. The Hall–Kier alpha value is -0.390. The highest BCUT2D eigenvalue weighted by molar-refractivity contribution is 9.11. The van der Waals surface area contributed by atoms with E-state index in [1.165, 1.54) is 5.56 Å². The second-order valence-electron chi connectivity index (χ2n) is 3.63. The number of nitrogens with one attached hydrogen (secondary N) is 1. The fraction of sp³-hybridized carbons (Fsp3) is 0.0833. The van der Waals surface area contributed by atoms with Crippen molar-refractivity contribution < 1.29 is 0 Å². The van der Waals surface area contributed by atoms with E-state index >= 15 is 0 Å². The topological polar surface area (TPSA) is 24.9 Å². The highest BCUT2D eigenvalue weighted by Crippen LogP contribution is 2.28. The summed E-state index contributed by atoms with van der Waals surface area (Å²) >= 11 is 10.3. The van der Waals surface area contributed by atoms with Gasteiger partial charge in [0.05, 0.1) is 4.47 Å². The van der Waals surface area contributed by atoms with E-state index in [9.17, 15) is 0 Å². The van der Waals surface area contributed by atoms with Crippen LogP contribution in [0.2, 0.25) is 0 Å². The molecule has 0 radical (unpaired) electrons. The fourth-order valence-electron chi connectivity index (χ4n) is 1.45. The van der Waals surface area contributed by atoms with Crippen molar-refractivity contribution in [1.82, 2.24) is 4.98 Å². The number of nitrogens with zero attached hydrogens (tertiary/aromatic N) is 1. The lowest BCUT2D eigenvalue weighted by molar-refractivity contribution is 1.27. The average Bonchev–Trinajstić information content (AvgIpc) is 2.21. The minimum atomic E-state index is 0.797. The lowest BCUT2D eigenvalue weighted by atomic mass is 10.2. The van der Waals surface area contributed by atoms with Crippen LogP contribution in [0.5, 0.6) is 0 Å². The number of hydrogen-bond acceptors (Lipinski definition) is 2. The van der Waals surface area contributed by atoms with Crippen LogP contribution in [0.15, 0.2) is 43.9 Å². The molecular weight excluding hydrogens is 412 g/mol. The van der Waals surface area contributed by atoms with Gasteiger partial charge in [-0.05, 0) is 68.6 Å². The molecule has 1 aromatic carbocycles. The summed E-state index contributed by atoms with van der Waals surface area (Å²) in [4.78, 5) is 4.31. The van der Waals surface area contributed by atoms with E-state index in [-0.39, 0.29) is 0 Å². The van der Waals surface area contributed by atoms with Gasteiger partial charge >= 0.3 is 0 Å². The molecule has 88 valence electrons. The van der Waals surface area contributed by atoms with Gasteiger partial charge < -0.3 is 5.32 Å². The van der Waals surface area contributed by atoms with Crippen LogP contribution in [-0.2, 0) is 0 Å². The first-order valence-corrected chi connectivity index (χ1v) is 7.28. The maximum atomic E-state index is 4.31. The van der Waals surface area contributed by atoms with Crippen LogP contribution in [0, 0.1) is 6.92 Å². The Morgan fingerprint density at radius 3 is 2.41 bits per heavy atom. The summed E-state index contributed by atoms with van der Waals surface area (Å²) in [6, 6.07) is 8.11. The van der Waals surface area contributed by atoms with Gasteiger partial charge in [-0.25, -0.2) is 4.98 Å². The Kier molecular flexibility index (Phi) is 4.22. The number of aromatic nitrogens is 1. The van der Waals surface area contributed by atoms with Crippen LogP contribution in [-0.4, -0.2) is 4.98 Å². The van der Waals surface area contributed by atoms with Gasteiger partial charge in [-0.3, -0.25) is 0 Å². The number of halogens is 3. The zero-order valence-corrected chi connectivity index (χ0v) is 13.7. The van der Waals surface area contributed by atoms with Crippen molar-refractivity contribution in [2.24, 2.45) is 0 Å². The Labute approximate surface area is 125 Å². The number of benzene rings is 1. The quantitative estimate of drug-likeness (QED) is 0.701. The fourth-order valence-corrected chi connectivity index (χ4v) is 3.15. The Bertz CT molecular complexity index is 535. The maximum Gasteiger partial charge on any atom is 0.144 e. The zero-order chi connectivity index (χ0) is 12.4. The SMILES string of the molecule is Cc1cc(Br)cc(Nc2ncc(Br)cc2Br)c1. The molecule has 1 heterocycles. The summed E-state index contributed by atoms with van der Waals surface area (Å²) in [6.45, 7) is 2.06. The molecule has 2 aromatic rings. The summed E-state index contributed by atoms with van der Waals surface area (Å²) in [6.07, 6.45) is 1.76. The summed E-state index contributed by atoms with van der Waals surface area (Å²) in [5.41, 5.74) is 2.20. The Morgan fingerprint density at radius 1 is 1.00 bits per heavy atom. The third-order valence-electron chi connectivity index (χ3n) is 2.11. The third-order valence-corrected chi connectivity index (χ3v) is 3.61. The minimum absolute atomic E-state index is 0.797. The van der Waals surface area contributed by atoms with Crippen LogP contribution in [0.4, 0.5) is 11.5 Å². The van der Waals surface area contributed by atoms with E-state index in [1.807, 2.05) is 12.1 Å². The van der Waals surface area contributed by atoms with Gasteiger partial charge in [0.1, 0.15) is 5.82 Å². The third kappa shape index (κ3) is 3.53. The van der Waals surface area contributed by atoms with Gasteiger partial charge in [0.2, 0.25) is 0 Å². The van der Waals surface area contributed by atoms with Gasteiger partial charge in [0.15, 0.2) is 0 Å². The van der Waals surface area contributed by atoms with Crippen molar-refractivity contribution >= 4 is 59.3 Å². The number of hydrogen-bond donors (Lipinski definition) is 1. The number of aryl methyl sites for hydroxylation is 1. The van der Waals surface area contributed by atoms with Gasteiger partial charge in [-0.15, -0.1) is 0 Å². The van der Waals surface area contributed by atoms with Crippen LogP contribution < -0.4 is 5.32 Å². The van der Waals surface area contributed by atoms with Gasteiger partial charge in [-0.2, -0.15) is 0 Å². The monoisotopic (exact) mass is 418 g/mol. The van der Waals surface area contributed by atoms with E-state index in [0.717, 1.165) is 24.9 Å². The van der Waals surface area contributed by atoms with E-state index in [1.54, 1.807) is 6.20 Å². The molecule has 0 atom stereocenters. The van der Waals surface area contributed by atoms with Crippen molar-refractivity contribution in [1.29, 1.82) is 0 Å². The molecule has 0 saturated carbocycles. The normalized spacial score (nSPS) is 10.4. The van der Waals surface area contributed by atoms with E-state index < -0.39 is 0 Å². The smallest absolute Gasteiger partial charge is 0.144 e. The number of rotatable bonds is 2. The van der Waals surface area contributed by atoms with Crippen molar-refractivity contribution in [3.8, 4) is 0 Å². The predicted octanol–water partition coefficient (Wildman–Crippen LogP) is 5.42. The van der Waals surface area contributed by atoms with Crippen molar-refractivity contribution in [3.63, 3.8) is 0 Å². The molecule has 0 aliphatic rings. The molecule has 17 heavy (non-hydrogen) atoms. The largest absolute Gasteiger partial charge is 0.339 e. The summed E-state index contributed by atoms with van der Waals surface area (Å²) in [5, 5.41) is 3.27. The van der Waals surface area contributed by atoms with Crippen molar-refractivity contribution in [2.45, 2.75) is 6.92 Å². The minimum Gasteiger partial charge on any atom is -0.339 e. The zero-order valence-electron chi connectivity index (χ0n) is 8.97.